The molecule has 2 aromatic rings. The van der Waals surface area contributed by atoms with Gasteiger partial charge in [0.25, 0.3) is 0 Å². The van der Waals surface area contributed by atoms with Gasteiger partial charge in [-0.2, -0.15) is 0 Å². The topological polar surface area (TPSA) is 111 Å². The summed E-state index contributed by atoms with van der Waals surface area (Å²) in [5.74, 6) is 0.744. The molecule has 0 spiro atoms. The van der Waals surface area contributed by atoms with Crippen molar-refractivity contribution in [3.63, 3.8) is 0 Å². The Hall–Kier alpha value is -2.58. The molecule has 0 fully saturated rings. The molecule has 0 aliphatic heterocycles. The van der Waals surface area contributed by atoms with Crippen LogP contribution in [0.25, 0.3) is 0 Å². The second kappa shape index (κ2) is 7.12. The van der Waals surface area contributed by atoms with E-state index >= 15 is 0 Å². The largest absolute Gasteiger partial charge is 0.497 e. The van der Waals surface area contributed by atoms with Crippen molar-refractivity contribution in [3.8, 4) is 5.75 Å². The lowest BCUT2D eigenvalue weighted by Crippen LogP contribution is -2.28. The number of amides is 2. The molecular weight excluding hydrogens is 318 g/mol. The molecule has 8 heteroatoms. The van der Waals surface area contributed by atoms with Gasteiger partial charge in [0.2, 0.25) is 10.0 Å². The van der Waals surface area contributed by atoms with Gasteiger partial charge in [0.1, 0.15) is 5.75 Å². The highest BCUT2D eigenvalue weighted by Gasteiger charge is 2.08. The maximum absolute atomic E-state index is 11.8. The Morgan fingerprint density at radius 2 is 1.70 bits per heavy atom. The average molecular weight is 335 g/mol. The zero-order valence-corrected chi connectivity index (χ0v) is 13.3. The van der Waals surface area contributed by atoms with Crippen LogP contribution in [0.1, 0.15) is 5.56 Å². The van der Waals surface area contributed by atoms with Crippen LogP contribution in [0.5, 0.6) is 5.75 Å². The Bertz CT molecular complexity index is 771. The Labute approximate surface area is 134 Å². The minimum Gasteiger partial charge on any atom is -0.497 e. The molecule has 0 aromatic heterocycles. The normalized spacial score (nSPS) is 10.9. The monoisotopic (exact) mass is 335 g/mol. The van der Waals surface area contributed by atoms with Crippen molar-refractivity contribution in [2.75, 3.05) is 12.4 Å². The van der Waals surface area contributed by atoms with Gasteiger partial charge in [-0.05, 0) is 42.0 Å². The van der Waals surface area contributed by atoms with Crippen molar-refractivity contribution in [3.05, 3.63) is 54.1 Å². The molecule has 7 nitrogen and oxygen atoms in total. The third kappa shape index (κ3) is 4.97. The first-order chi connectivity index (χ1) is 10.9. The number of carbonyl (C=O) groups excluding carboxylic acids is 1. The number of benzene rings is 2. The summed E-state index contributed by atoms with van der Waals surface area (Å²) in [4.78, 5) is 11.8. The quantitative estimate of drug-likeness (QED) is 0.771. The van der Waals surface area contributed by atoms with Crippen LogP contribution in [0.2, 0.25) is 0 Å². The molecule has 0 atom stereocenters. The van der Waals surface area contributed by atoms with Gasteiger partial charge >= 0.3 is 6.03 Å². The van der Waals surface area contributed by atoms with E-state index in [1.807, 2.05) is 12.1 Å². The van der Waals surface area contributed by atoms with Crippen LogP contribution in [-0.2, 0) is 16.6 Å². The Kier molecular flexibility index (Phi) is 5.20. The lowest BCUT2D eigenvalue weighted by molar-refractivity contribution is 0.251. The van der Waals surface area contributed by atoms with Gasteiger partial charge < -0.3 is 15.4 Å². The Morgan fingerprint density at radius 1 is 1.09 bits per heavy atom. The highest BCUT2D eigenvalue weighted by molar-refractivity contribution is 7.89. The molecule has 0 aliphatic carbocycles. The van der Waals surface area contributed by atoms with Crippen LogP contribution in [0.15, 0.2) is 53.4 Å². The minimum absolute atomic E-state index is 0.0123. The number of urea groups is 1. The standard InChI is InChI=1S/C15H17N3O4S/c1-22-13-6-2-11(3-7-13)10-17-15(19)18-12-4-8-14(9-5-12)23(16,20)21/h2-9H,10H2,1H3,(H2,16,20,21)(H2,17,18,19). The summed E-state index contributed by atoms with van der Waals surface area (Å²) in [6.07, 6.45) is 0. The van der Waals surface area contributed by atoms with Crippen molar-refractivity contribution in [1.29, 1.82) is 0 Å². The summed E-state index contributed by atoms with van der Waals surface area (Å²) in [6, 6.07) is 12.5. The number of sulfonamides is 1. The van der Waals surface area contributed by atoms with Crippen LogP contribution in [0.4, 0.5) is 10.5 Å². The van der Waals surface area contributed by atoms with Gasteiger partial charge in [0.05, 0.1) is 12.0 Å². The van der Waals surface area contributed by atoms with Crippen LogP contribution in [0.3, 0.4) is 0 Å². The fraction of sp³-hybridized carbons (Fsp3) is 0.133. The molecule has 122 valence electrons. The first-order valence-corrected chi connectivity index (χ1v) is 8.24. The second-order valence-corrected chi connectivity index (χ2v) is 6.29. The van der Waals surface area contributed by atoms with Crippen molar-refractivity contribution < 1.29 is 17.9 Å². The molecule has 0 heterocycles. The highest BCUT2D eigenvalue weighted by Crippen LogP contribution is 2.13. The van der Waals surface area contributed by atoms with E-state index in [1.54, 1.807) is 19.2 Å². The van der Waals surface area contributed by atoms with Gasteiger partial charge in [0, 0.05) is 12.2 Å². The SMILES string of the molecule is COc1ccc(CNC(=O)Nc2ccc(S(N)(=O)=O)cc2)cc1. The fourth-order valence-corrected chi connectivity index (χ4v) is 2.34. The molecule has 0 aliphatic rings. The average Bonchev–Trinajstić information content (AvgIpc) is 2.53. The molecule has 0 saturated carbocycles. The Morgan fingerprint density at radius 3 is 2.22 bits per heavy atom. The summed E-state index contributed by atoms with van der Waals surface area (Å²) >= 11 is 0. The van der Waals surface area contributed by atoms with Crippen molar-refractivity contribution >= 4 is 21.7 Å². The number of carbonyl (C=O) groups is 1. The molecule has 4 N–H and O–H groups in total. The summed E-state index contributed by atoms with van der Waals surface area (Å²) in [5, 5.41) is 10.3. The summed E-state index contributed by atoms with van der Waals surface area (Å²) in [7, 11) is -2.15. The summed E-state index contributed by atoms with van der Waals surface area (Å²) < 4.78 is 27.3. The minimum atomic E-state index is -3.74. The summed E-state index contributed by atoms with van der Waals surface area (Å²) in [5.41, 5.74) is 1.38. The lowest BCUT2D eigenvalue weighted by atomic mass is 10.2. The summed E-state index contributed by atoms with van der Waals surface area (Å²) in [6.45, 7) is 0.352. The maximum atomic E-state index is 11.8. The molecule has 23 heavy (non-hydrogen) atoms. The van der Waals surface area contributed by atoms with Crippen molar-refractivity contribution in [2.45, 2.75) is 11.4 Å². The van der Waals surface area contributed by atoms with E-state index in [4.69, 9.17) is 9.88 Å². The number of anilines is 1. The lowest BCUT2D eigenvalue weighted by Gasteiger charge is -2.08. The molecule has 2 amide bonds. The third-order valence-electron chi connectivity index (χ3n) is 3.05. The number of hydrogen-bond donors (Lipinski definition) is 3. The zero-order valence-electron chi connectivity index (χ0n) is 12.4. The van der Waals surface area contributed by atoms with Gasteiger partial charge in [-0.1, -0.05) is 12.1 Å². The van der Waals surface area contributed by atoms with E-state index in [9.17, 15) is 13.2 Å². The maximum Gasteiger partial charge on any atom is 0.319 e. The molecule has 2 aromatic carbocycles. The third-order valence-corrected chi connectivity index (χ3v) is 3.98. The number of nitrogens with two attached hydrogens (primary N) is 1. The van der Waals surface area contributed by atoms with E-state index in [1.165, 1.54) is 24.3 Å². The number of hydrogen-bond acceptors (Lipinski definition) is 4. The van der Waals surface area contributed by atoms with E-state index in [-0.39, 0.29) is 4.90 Å². The van der Waals surface area contributed by atoms with Crippen LogP contribution < -0.4 is 20.5 Å². The van der Waals surface area contributed by atoms with Gasteiger partial charge in [-0.3, -0.25) is 0 Å². The number of rotatable bonds is 5. The van der Waals surface area contributed by atoms with E-state index in [2.05, 4.69) is 10.6 Å². The highest BCUT2D eigenvalue weighted by atomic mass is 32.2. The van der Waals surface area contributed by atoms with E-state index in [0.29, 0.717) is 12.2 Å². The molecular formula is C15H17N3O4S. The van der Waals surface area contributed by atoms with Gasteiger partial charge in [-0.25, -0.2) is 18.4 Å². The predicted molar refractivity (Wildman–Crippen MR) is 86.7 cm³/mol. The molecule has 0 bridgehead atoms. The predicted octanol–water partition coefficient (Wildman–Crippen LogP) is 1.66. The van der Waals surface area contributed by atoms with Crippen LogP contribution >= 0.6 is 0 Å². The number of methoxy groups -OCH3 is 1. The zero-order chi connectivity index (χ0) is 16.9. The Balaban J connectivity index is 1.89. The second-order valence-electron chi connectivity index (χ2n) is 4.73. The number of nitrogens with one attached hydrogen (secondary N) is 2. The van der Waals surface area contributed by atoms with Gasteiger partial charge in [-0.15, -0.1) is 0 Å². The molecule has 0 unspecified atom stereocenters. The van der Waals surface area contributed by atoms with Gasteiger partial charge in [0.15, 0.2) is 0 Å². The molecule has 0 saturated heterocycles. The van der Waals surface area contributed by atoms with E-state index in [0.717, 1.165) is 11.3 Å². The van der Waals surface area contributed by atoms with Crippen molar-refractivity contribution in [1.82, 2.24) is 5.32 Å². The number of ether oxygens (including phenoxy) is 1. The molecule has 0 radical (unpaired) electrons. The molecule has 2 rings (SSSR count). The van der Waals surface area contributed by atoms with Crippen LogP contribution in [-0.4, -0.2) is 21.6 Å². The van der Waals surface area contributed by atoms with Crippen LogP contribution in [0, 0.1) is 0 Å². The smallest absolute Gasteiger partial charge is 0.319 e. The fourth-order valence-electron chi connectivity index (χ4n) is 1.83. The number of primary sulfonamides is 1. The first kappa shape index (κ1) is 16.8. The van der Waals surface area contributed by atoms with Crippen molar-refractivity contribution in [2.24, 2.45) is 5.14 Å². The van der Waals surface area contributed by atoms with E-state index < -0.39 is 16.1 Å². The first-order valence-electron chi connectivity index (χ1n) is 6.69.